The first-order chi connectivity index (χ1) is 6.92. The number of hydrogen-bond acceptors (Lipinski definition) is 3. The average molecular weight is 214 g/mol. The van der Waals surface area contributed by atoms with Crippen LogP contribution in [-0.2, 0) is 0 Å². The van der Waals surface area contributed by atoms with E-state index in [0.29, 0.717) is 6.54 Å². The zero-order valence-electron chi connectivity index (χ0n) is 10.6. The summed E-state index contributed by atoms with van der Waals surface area (Å²) in [4.78, 5) is 2.52. The molecule has 0 bridgehead atoms. The van der Waals surface area contributed by atoms with Crippen molar-refractivity contribution in [2.45, 2.75) is 45.8 Å². The number of aliphatic hydroxyl groups is 1. The molecule has 0 aromatic heterocycles. The molecule has 1 aliphatic rings. The summed E-state index contributed by atoms with van der Waals surface area (Å²) in [6.07, 6.45) is 1.24. The third-order valence-corrected chi connectivity index (χ3v) is 3.19. The summed E-state index contributed by atoms with van der Waals surface area (Å²) < 4.78 is 0. The maximum atomic E-state index is 9.53. The molecule has 0 radical (unpaired) electrons. The Labute approximate surface area is 93.9 Å². The van der Waals surface area contributed by atoms with E-state index in [1.165, 1.54) is 19.5 Å². The third-order valence-electron chi connectivity index (χ3n) is 3.19. The van der Waals surface area contributed by atoms with Crippen molar-refractivity contribution >= 4 is 0 Å². The monoisotopic (exact) mass is 214 g/mol. The second-order valence-corrected chi connectivity index (χ2v) is 5.52. The van der Waals surface area contributed by atoms with Crippen LogP contribution < -0.4 is 5.32 Å². The highest BCUT2D eigenvalue weighted by Gasteiger charge is 2.29. The molecule has 0 spiro atoms. The Morgan fingerprint density at radius 1 is 1.47 bits per heavy atom. The van der Waals surface area contributed by atoms with Crippen LogP contribution >= 0.6 is 0 Å². The van der Waals surface area contributed by atoms with Gasteiger partial charge in [0, 0.05) is 32.2 Å². The molecule has 3 heteroatoms. The summed E-state index contributed by atoms with van der Waals surface area (Å²) in [5.41, 5.74) is -0.583. The molecule has 1 aliphatic heterocycles. The molecule has 3 nitrogen and oxygen atoms in total. The van der Waals surface area contributed by atoms with Crippen LogP contribution in [0.2, 0.25) is 0 Å². The van der Waals surface area contributed by atoms with E-state index in [1.54, 1.807) is 0 Å². The highest BCUT2D eigenvalue weighted by molar-refractivity contribution is 4.85. The molecular formula is C12H26N2O. The molecule has 1 unspecified atom stereocenters. The molecule has 1 saturated heterocycles. The quantitative estimate of drug-likeness (QED) is 0.694. The maximum absolute atomic E-state index is 9.53. The normalized spacial score (nSPS) is 21.4. The Balaban J connectivity index is 2.03. The van der Waals surface area contributed by atoms with E-state index in [2.05, 4.69) is 24.1 Å². The molecule has 90 valence electrons. The fourth-order valence-electron chi connectivity index (χ4n) is 1.94. The molecule has 1 fully saturated rings. The van der Waals surface area contributed by atoms with Crippen molar-refractivity contribution in [3.8, 4) is 0 Å². The van der Waals surface area contributed by atoms with E-state index in [1.807, 2.05) is 13.8 Å². The van der Waals surface area contributed by atoms with Crippen LogP contribution in [-0.4, -0.2) is 47.8 Å². The van der Waals surface area contributed by atoms with Gasteiger partial charge >= 0.3 is 0 Å². The topological polar surface area (TPSA) is 35.5 Å². The lowest BCUT2D eigenvalue weighted by Crippen LogP contribution is -2.54. The molecular weight excluding hydrogens is 188 g/mol. The smallest absolute Gasteiger partial charge is 0.0715 e. The fourth-order valence-corrected chi connectivity index (χ4v) is 1.94. The molecule has 2 N–H and O–H groups in total. The zero-order valence-corrected chi connectivity index (χ0v) is 10.6. The van der Waals surface area contributed by atoms with Gasteiger partial charge in [0.1, 0.15) is 0 Å². The van der Waals surface area contributed by atoms with Crippen LogP contribution in [0.4, 0.5) is 0 Å². The molecule has 0 aromatic carbocycles. The Morgan fingerprint density at radius 3 is 2.53 bits per heavy atom. The van der Waals surface area contributed by atoms with E-state index >= 15 is 0 Å². The van der Waals surface area contributed by atoms with Crippen LogP contribution in [0.15, 0.2) is 0 Å². The highest BCUT2D eigenvalue weighted by atomic mass is 16.3. The number of likely N-dealkylation sites (tertiary alicyclic amines) is 1. The van der Waals surface area contributed by atoms with Crippen molar-refractivity contribution in [3.63, 3.8) is 0 Å². The minimum Gasteiger partial charge on any atom is -0.389 e. The predicted molar refractivity (Wildman–Crippen MR) is 64.0 cm³/mol. The molecule has 0 aromatic rings. The van der Waals surface area contributed by atoms with Gasteiger partial charge < -0.3 is 10.4 Å². The van der Waals surface area contributed by atoms with Gasteiger partial charge in [-0.1, -0.05) is 6.92 Å². The summed E-state index contributed by atoms with van der Waals surface area (Å²) >= 11 is 0. The minimum atomic E-state index is -0.583. The van der Waals surface area contributed by atoms with Crippen molar-refractivity contribution in [1.82, 2.24) is 10.2 Å². The standard InChI is InChI=1S/C12H26N2O/c1-5-10(2)14-7-11(8-14)6-13-9-12(3,4)15/h10-11,13,15H,5-9H2,1-4H3. The second kappa shape index (κ2) is 5.28. The lowest BCUT2D eigenvalue weighted by molar-refractivity contribution is 0.0469. The van der Waals surface area contributed by atoms with Crippen LogP contribution in [0.1, 0.15) is 34.1 Å². The third kappa shape index (κ3) is 4.49. The van der Waals surface area contributed by atoms with Crippen molar-refractivity contribution in [3.05, 3.63) is 0 Å². The van der Waals surface area contributed by atoms with Gasteiger partial charge in [-0.15, -0.1) is 0 Å². The Hall–Kier alpha value is -0.120. The number of rotatable bonds is 6. The lowest BCUT2D eigenvalue weighted by atomic mass is 9.97. The molecule has 1 rings (SSSR count). The van der Waals surface area contributed by atoms with Gasteiger partial charge in [0.05, 0.1) is 5.60 Å². The molecule has 15 heavy (non-hydrogen) atoms. The first-order valence-corrected chi connectivity index (χ1v) is 6.09. The largest absolute Gasteiger partial charge is 0.389 e. The van der Waals surface area contributed by atoms with Crippen molar-refractivity contribution in [2.75, 3.05) is 26.2 Å². The second-order valence-electron chi connectivity index (χ2n) is 5.52. The summed E-state index contributed by atoms with van der Waals surface area (Å²) in [5.74, 6) is 0.779. The minimum absolute atomic E-state index is 0.583. The summed E-state index contributed by atoms with van der Waals surface area (Å²) in [5, 5.41) is 12.9. The van der Waals surface area contributed by atoms with Crippen molar-refractivity contribution < 1.29 is 5.11 Å². The average Bonchev–Trinajstić information content (AvgIpc) is 2.06. The van der Waals surface area contributed by atoms with E-state index in [4.69, 9.17) is 0 Å². The summed E-state index contributed by atoms with van der Waals surface area (Å²) in [6, 6.07) is 0.732. The van der Waals surface area contributed by atoms with Crippen molar-refractivity contribution in [2.24, 2.45) is 5.92 Å². The fraction of sp³-hybridized carbons (Fsp3) is 1.00. The van der Waals surface area contributed by atoms with Crippen LogP contribution in [0.5, 0.6) is 0 Å². The van der Waals surface area contributed by atoms with Crippen LogP contribution in [0.3, 0.4) is 0 Å². The van der Waals surface area contributed by atoms with Gasteiger partial charge in [0.25, 0.3) is 0 Å². The van der Waals surface area contributed by atoms with Gasteiger partial charge in [-0.25, -0.2) is 0 Å². The SMILES string of the molecule is CCC(C)N1CC(CNCC(C)(C)O)C1. The van der Waals surface area contributed by atoms with E-state index in [-0.39, 0.29) is 0 Å². The maximum Gasteiger partial charge on any atom is 0.0715 e. The Bertz CT molecular complexity index is 183. The van der Waals surface area contributed by atoms with E-state index < -0.39 is 5.60 Å². The van der Waals surface area contributed by atoms with Gasteiger partial charge in [-0.3, -0.25) is 4.90 Å². The molecule has 1 heterocycles. The molecule has 0 aliphatic carbocycles. The van der Waals surface area contributed by atoms with Crippen LogP contribution in [0.25, 0.3) is 0 Å². The zero-order chi connectivity index (χ0) is 11.5. The first kappa shape index (κ1) is 12.9. The summed E-state index contributed by atoms with van der Waals surface area (Å²) in [7, 11) is 0. The molecule has 1 atom stereocenters. The van der Waals surface area contributed by atoms with Gasteiger partial charge in [-0.05, 0) is 33.1 Å². The van der Waals surface area contributed by atoms with E-state index in [9.17, 15) is 5.11 Å². The number of hydrogen-bond donors (Lipinski definition) is 2. The molecule has 0 saturated carbocycles. The first-order valence-electron chi connectivity index (χ1n) is 6.09. The van der Waals surface area contributed by atoms with Crippen molar-refractivity contribution in [1.29, 1.82) is 0 Å². The summed E-state index contributed by atoms with van der Waals surface area (Å²) in [6.45, 7) is 12.4. The van der Waals surface area contributed by atoms with Gasteiger partial charge in [-0.2, -0.15) is 0 Å². The van der Waals surface area contributed by atoms with Crippen LogP contribution in [0, 0.1) is 5.92 Å². The number of nitrogens with one attached hydrogen (secondary N) is 1. The predicted octanol–water partition coefficient (Wildman–Crippen LogP) is 1.08. The Morgan fingerprint density at radius 2 is 2.07 bits per heavy atom. The highest BCUT2D eigenvalue weighted by Crippen LogP contribution is 2.19. The lowest BCUT2D eigenvalue weighted by Gasteiger charge is -2.43. The number of nitrogens with zero attached hydrogens (tertiary/aromatic N) is 1. The Kier molecular flexibility index (Phi) is 4.56. The van der Waals surface area contributed by atoms with E-state index in [0.717, 1.165) is 18.5 Å². The molecule has 0 amide bonds. The van der Waals surface area contributed by atoms with Gasteiger partial charge in [0.15, 0.2) is 0 Å². The van der Waals surface area contributed by atoms with Gasteiger partial charge in [0.2, 0.25) is 0 Å².